The van der Waals surface area contributed by atoms with Gasteiger partial charge in [0.1, 0.15) is 0 Å². The first-order chi connectivity index (χ1) is 7.77. The number of rotatable bonds is 9. The number of unbranched alkanes of at least 4 members (excludes halogenated alkanes) is 2. The minimum atomic E-state index is 0.0424. The molecule has 0 spiro atoms. The van der Waals surface area contributed by atoms with Crippen molar-refractivity contribution in [3.8, 4) is 0 Å². The zero-order valence-corrected chi connectivity index (χ0v) is 11.4. The molecule has 0 rings (SSSR count). The summed E-state index contributed by atoms with van der Waals surface area (Å²) in [5.41, 5.74) is 0. The van der Waals surface area contributed by atoms with Crippen molar-refractivity contribution in [2.45, 2.75) is 40.0 Å². The van der Waals surface area contributed by atoms with E-state index in [1.807, 2.05) is 20.9 Å². The van der Waals surface area contributed by atoms with Crippen LogP contribution in [0.2, 0.25) is 0 Å². The summed E-state index contributed by atoms with van der Waals surface area (Å²) >= 11 is 0. The molecule has 0 aliphatic rings. The molecule has 16 heavy (non-hydrogen) atoms. The van der Waals surface area contributed by atoms with Crippen LogP contribution in [0.3, 0.4) is 0 Å². The smallest absolute Gasteiger partial charge is 0.216 e. The molecule has 0 saturated carbocycles. The van der Waals surface area contributed by atoms with Gasteiger partial charge in [-0.25, -0.2) is 0 Å². The summed E-state index contributed by atoms with van der Waals surface area (Å²) in [5.74, 6) is 0.0424. The lowest BCUT2D eigenvalue weighted by molar-refractivity contribution is -0.118. The Morgan fingerprint density at radius 2 is 1.56 bits per heavy atom. The molecule has 4 heteroatoms. The number of hydrogen-bond donors (Lipinski definition) is 3. The van der Waals surface area contributed by atoms with Crippen molar-refractivity contribution in [2.75, 3.05) is 33.2 Å². The average Bonchev–Trinajstić information content (AvgIpc) is 2.29. The summed E-state index contributed by atoms with van der Waals surface area (Å²) in [6, 6.07) is 0. The highest BCUT2D eigenvalue weighted by atomic mass is 16.1. The van der Waals surface area contributed by atoms with Crippen LogP contribution in [0.1, 0.15) is 40.0 Å². The molecule has 1 amide bonds. The molecule has 0 aromatic heterocycles. The van der Waals surface area contributed by atoms with Gasteiger partial charge in [0.15, 0.2) is 0 Å². The van der Waals surface area contributed by atoms with Gasteiger partial charge in [-0.2, -0.15) is 0 Å². The summed E-state index contributed by atoms with van der Waals surface area (Å²) < 4.78 is 0. The Labute approximate surface area is 101 Å². The minimum absolute atomic E-state index is 0.0424. The van der Waals surface area contributed by atoms with Crippen LogP contribution >= 0.6 is 0 Å². The van der Waals surface area contributed by atoms with Crippen molar-refractivity contribution in [2.24, 2.45) is 0 Å². The molecule has 0 saturated heterocycles. The number of carbonyl (C=O) groups excluding carboxylic acids is 1. The van der Waals surface area contributed by atoms with Crippen LogP contribution < -0.4 is 16.0 Å². The largest absolute Gasteiger partial charge is 0.355 e. The van der Waals surface area contributed by atoms with Crippen LogP contribution in [-0.4, -0.2) is 39.1 Å². The summed E-state index contributed by atoms with van der Waals surface area (Å²) in [4.78, 5) is 10.5. The Bertz CT molecular complexity index is 140. The Morgan fingerprint density at radius 3 is 2.12 bits per heavy atom. The van der Waals surface area contributed by atoms with E-state index in [9.17, 15) is 4.79 Å². The zero-order valence-electron chi connectivity index (χ0n) is 11.4. The van der Waals surface area contributed by atoms with Crippen molar-refractivity contribution in [1.29, 1.82) is 0 Å². The van der Waals surface area contributed by atoms with Crippen LogP contribution in [0.5, 0.6) is 0 Å². The summed E-state index contributed by atoms with van der Waals surface area (Å²) in [7, 11) is 1.98. The van der Waals surface area contributed by atoms with Crippen LogP contribution in [0.4, 0.5) is 0 Å². The monoisotopic (exact) mass is 231 g/mol. The second-order valence-electron chi connectivity index (χ2n) is 3.40. The third-order valence-corrected chi connectivity index (χ3v) is 1.96. The predicted octanol–water partition coefficient (Wildman–Crippen LogP) is 1.13. The average molecular weight is 231 g/mol. The first-order valence-electron chi connectivity index (χ1n) is 6.37. The van der Waals surface area contributed by atoms with Gasteiger partial charge < -0.3 is 16.0 Å². The summed E-state index contributed by atoms with van der Waals surface area (Å²) in [6.07, 6.45) is 3.71. The molecule has 0 heterocycles. The maximum Gasteiger partial charge on any atom is 0.216 e. The normalized spacial score (nSPS) is 9.25. The molecule has 0 unspecified atom stereocenters. The first kappa shape index (κ1) is 17.8. The predicted molar refractivity (Wildman–Crippen MR) is 70.7 cm³/mol. The third-order valence-electron chi connectivity index (χ3n) is 1.96. The maximum absolute atomic E-state index is 10.5. The fraction of sp³-hybridized carbons (Fsp3) is 0.917. The van der Waals surface area contributed by atoms with Crippen molar-refractivity contribution < 1.29 is 4.79 Å². The molecular formula is C12H29N3O. The molecule has 0 bridgehead atoms. The fourth-order valence-electron chi connectivity index (χ4n) is 1.18. The SMILES string of the molecule is CC.CNCCCCCNCCNC(C)=O. The topological polar surface area (TPSA) is 53.2 Å². The Balaban J connectivity index is 0. The second-order valence-corrected chi connectivity index (χ2v) is 3.40. The van der Waals surface area contributed by atoms with Gasteiger partial charge in [0.2, 0.25) is 5.91 Å². The van der Waals surface area contributed by atoms with Gasteiger partial charge in [-0.1, -0.05) is 20.3 Å². The molecule has 0 aromatic rings. The van der Waals surface area contributed by atoms with Gasteiger partial charge in [-0.3, -0.25) is 4.79 Å². The molecule has 0 atom stereocenters. The highest BCUT2D eigenvalue weighted by molar-refractivity contribution is 5.72. The van der Waals surface area contributed by atoms with Gasteiger partial charge in [0.05, 0.1) is 0 Å². The molecular weight excluding hydrogens is 202 g/mol. The standard InChI is InChI=1S/C10H23N3O.C2H6/c1-10(14)13-9-8-12-7-5-3-4-6-11-2;1-2/h11-12H,3-9H2,1-2H3,(H,13,14);1-2H3. The van der Waals surface area contributed by atoms with Crippen molar-refractivity contribution in [3.05, 3.63) is 0 Å². The number of carbonyl (C=O) groups is 1. The van der Waals surface area contributed by atoms with Gasteiger partial charge in [0.25, 0.3) is 0 Å². The lowest BCUT2D eigenvalue weighted by Gasteiger charge is -2.04. The molecule has 0 aliphatic heterocycles. The first-order valence-corrected chi connectivity index (χ1v) is 6.37. The van der Waals surface area contributed by atoms with Crippen LogP contribution in [0, 0.1) is 0 Å². The van der Waals surface area contributed by atoms with Gasteiger partial charge in [-0.05, 0) is 33.0 Å². The second kappa shape index (κ2) is 16.8. The van der Waals surface area contributed by atoms with Crippen LogP contribution in [0.25, 0.3) is 0 Å². The van der Waals surface area contributed by atoms with Crippen LogP contribution in [0.15, 0.2) is 0 Å². The molecule has 3 N–H and O–H groups in total. The van der Waals surface area contributed by atoms with E-state index in [0.29, 0.717) is 0 Å². The van der Waals surface area contributed by atoms with E-state index >= 15 is 0 Å². The Kier molecular flexibility index (Phi) is 18.7. The van der Waals surface area contributed by atoms with E-state index in [0.717, 1.165) is 26.2 Å². The maximum atomic E-state index is 10.5. The quantitative estimate of drug-likeness (QED) is 0.521. The zero-order chi connectivity index (χ0) is 12.6. The van der Waals surface area contributed by atoms with Crippen molar-refractivity contribution >= 4 is 5.91 Å². The highest BCUT2D eigenvalue weighted by Crippen LogP contribution is 1.91. The lowest BCUT2D eigenvalue weighted by Crippen LogP contribution is -2.30. The lowest BCUT2D eigenvalue weighted by atomic mass is 10.2. The minimum Gasteiger partial charge on any atom is -0.355 e. The molecule has 0 aliphatic carbocycles. The molecule has 0 fully saturated rings. The molecule has 4 nitrogen and oxygen atoms in total. The van der Waals surface area contributed by atoms with Crippen molar-refractivity contribution in [1.82, 2.24) is 16.0 Å². The third kappa shape index (κ3) is 19.0. The van der Waals surface area contributed by atoms with E-state index in [1.54, 1.807) is 0 Å². The van der Waals surface area contributed by atoms with Crippen LogP contribution in [-0.2, 0) is 4.79 Å². The summed E-state index contributed by atoms with van der Waals surface area (Å²) in [6.45, 7) is 9.28. The number of amides is 1. The molecule has 0 aromatic carbocycles. The van der Waals surface area contributed by atoms with E-state index < -0.39 is 0 Å². The number of nitrogens with one attached hydrogen (secondary N) is 3. The van der Waals surface area contributed by atoms with E-state index in [-0.39, 0.29) is 5.91 Å². The van der Waals surface area contributed by atoms with Gasteiger partial charge in [-0.15, -0.1) is 0 Å². The Hall–Kier alpha value is -0.610. The van der Waals surface area contributed by atoms with Gasteiger partial charge >= 0.3 is 0 Å². The van der Waals surface area contributed by atoms with Gasteiger partial charge in [0, 0.05) is 20.0 Å². The molecule has 0 radical (unpaired) electrons. The highest BCUT2D eigenvalue weighted by Gasteiger charge is 1.91. The van der Waals surface area contributed by atoms with E-state index in [4.69, 9.17) is 0 Å². The number of hydrogen-bond acceptors (Lipinski definition) is 3. The van der Waals surface area contributed by atoms with Crippen molar-refractivity contribution in [3.63, 3.8) is 0 Å². The van der Waals surface area contributed by atoms with E-state index in [2.05, 4.69) is 16.0 Å². The Morgan fingerprint density at radius 1 is 0.938 bits per heavy atom. The molecule has 98 valence electrons. The summed E-state index contributed by atoms with van der Waals surface area (Å²) in [5, 5.41) is 9.15. The van der Waals surface area contributed by atoms with E-state index in [1.165, 1.54) is 26.2 Å². The fourth-order valence-corrected chi connectivity index (χ4v) is 1.18.